The van der Waals surface area contributed by atoms with E-state index in [-0.39, 0.29) is 54.6 Å². The average molecular weight is 831 g/mol. The Hall–Kier alpha value is -4.01. The van der Waals surface area contributed by atoms with E-state index in [1.165, 1.54) is 49.5 Å². The number of thioether (sulfide) groups is 1. The molecule has 8 atom stereocenters. The van der Waals surface area contributed by atoms with E-state index in [0.29, 0.717) is 18.8 Å². The zero-order valence-electron chi connectivity index (χ0n) is 37.0. The fraction of sp³-hybridized carbons (Fsp3) is 0.636. The molecule has 1 aromatic carbocycles. The summed E-state index contributed by atoms with van der Waals surface area (Å²) in [4.78, 5) is 82.6. The standard InChI is InChI=1S/C44H70N4O9S/c1-14-28(5)39(33(10)49)46-38(50)25-47(11)43(54)35(24-34-19-17-16-18-20-34)48(12)42(53)32(9)45-41(52)37(23-27(3)4)57-44(55)30(7)21-22-36(56-26-58-13)31(8)40(51)29(6)15-2/h15-21,27-28,31-32,35-37,39-40,51H,14,22-26H2,1-13H3,(H,45,52)(H,46,50)/b29-15+,30-21+/t28?,31-,32-,35+,36-,37+,39-,40+/m0/s1. The minimum atomic E-state index is -1.21. The van der Waals surface area contributed by atoms with Gasteiger partial charge < -0.3 is 35.0 Å². The number of Topliss-reactive ketones (excluding diaryl/α,β-unsaturated/α-hetero) is 1. The van der Waals surface area contributed by atoms with Gasteiger partial charge in [-0.1, -0.05) is 83.5 Å². The molecule has 0 heterocycles. The molecule has 0 bridgehead atoms. The van der Waals surface area contributed by atoms with Crippen molar-refractivity contribution in [1.82, 2.24) is 20.4 Å². The Labute approximate surface area is 351 Å². The number of rotatable bonds is 25. The fourth-order valence-corrected chi connectivity index (χ4v) is 6.63. The molecule has 1 unspecified atom stereocenters. The van der Waals surface area contributed by atoms with Gasteiger partial charge in [-0.15, -0.1) is 11.8 Å². The number of aliphatic hydroxyl groups excluding tert-OH is 1. The molecule has 13 nitrogen and oxygen atoms in total. The van der Waals surface area contributed by atoms with Crippen LogP contribution in [0.4, 0.5) is 0 Å². The predicted octanol–water partition coefficient (Wildman–Crippen LogP) is 5.10. The van der Waals surface area contributed by atoms with Gasteiger partial charge in [-0.2, -0.15) is 0 Å². The third-order valence-corrected chi connectivity index (χ3v) is 10.8. The van der Waals surface area contributed by atoms with Crippen LogP contribution in [0.1, 0.15) is 94.1 Å². The number of esters is 1. The third-order valence-electron chi connectivity index (χ3n) is 10.4. The molecule has 1 rings (SSSR count). The zero-order valence-corrected chi connectivity index (χ0v) is 37.8. The van der Waals surface area contributed by atoms with E-state index in [4.69, 9.17) is 9.47 Å². The van der Waals surface area contributed by atoms with Crippen molar-refractivity contribution in [2.24, 2.45) is 17.8 Å². The van der Waals surface area contributed by atoms with Crippen LogP contribution in [0.25, 0.3) is 0 Å². The second-order valence-corrected chi connectivity index (χ2v) is 16.5. The first-order chi connectivity index (χ1) is 27.2. The highest BCUT2D eigenvalue weighted by atomic mass is 32.2. The maximum atomic E-state index is 14.0. The molecular weight excluding hydrogens is 761 g/mol. The van der Waals surface area contributed by atoms with Gasteiger partial charge in [0.1, 0.15) is 12.1 Å². The van der Waals surface area contributed by atoms with Crippen LogP contribution in [-0.2, 0) is 44.7 Å². The van der Waals surface area contributed by atoms with Crippen molar-refractivity contribution in [3.63, 3.8) is 0 Å². The van der Waals surface area contributed by atoms with Crippen LogP contribution in [0.3, 0.4) is 0 Å². The molecule has 4 amide bonds. The van der Waals surface area contributed by atoms with E-state index in [0.717, 1.165) is 11.1 Å². The number of hydrogen-bond donors (Lipinski definition) is 3. The molecular formula is C44H70N4O9S. The number of aliphatic hydroxyl groups is 1. The van der Waals surface area contributed by atoms with Crippen LogP contribution < -0.4 is 10.6 Å². The molecule has 0 fully saturated rings. The molecule has 3 N–H and O–H groups in total. The van der Waals surface area contributed by atoms with Gasteiger partial charge in [0.2, 0.25) is 17.7 Å². The molecule has 0 spiro atoms. The first-order valence-electron chi connectivity index (χ1n) is 20.1. The number of carbonyl (C=O) groups is 6. The molecule has 0 aliphatic carbocycles. The summed E-state index contributed by atoms with van der Waals surface area (Å²) in [6, 6.07) is 6.27. The summed E-state index contributed by atoms with van der Waals surface area (Å²) in [5.74, 6) is -3.11. The SMILES string of the molecule is C/C=C(\C)[C@@H](O)[C@@H](C)[C@H](C/C=C(\C)C(=O)O[C@H](CC(C)C)C(=O)N[C@@H](C)C(=O)N(C)[C@H](Cc1ccccc1)C(=O)N(C)CC(=O)N[C@H](C(C)=O)C(C)CC)OCSC. The van der Waals surface area contributed by atoms with Gasteiger partial charge in [0.25, 0.3) is 5.91 Å². The highest BCUT2D eigenvalue weighted by molar-refractivity contribution is 7.98. The minimum absolute atomic E-state index is 0.0421. The number of ketones is 1. The van der Waals surface area contributed by atoms with Crippen LogP contribution in [0.15, 0.2) is 53.6 Å². The first-order valence-corrected chi connectivity index (χ1v) is 21.5. The van der Waals surface area contributed by atoms with E-state index in [1.807, 2.05) is 91.1 Å². The number of amides is 4. The molecule has 0 radical (unpaired) electrons. The maximum Gasteiger partial charge on any atom is 0.334 e. The van der Waals surface area contributed by atoms with E-state index >= 15 is 0 Å². The summed E-state index contributed by atoms with van der Waals surface area (Å²) < 4.78 is 11.7. The monoisotopic (exact) mass is 830 g/mol. The first kappa shape index (κ1) is 52.0. The summed E-state index contributed by atoms with van der Waals surface area (Å²) in [6.45, 7) is 17.3. The molecule has 0 saturated carbocycles. The Morgan fingerprint density at radius 2 is 1.55 bits per heavy atom. The van der Waals surface area contributed by atoms with Crippen molar-refractivity contribution >= 4 is 47.1 Å². The van der Waals surface area contributed by atoms with Gasteiger partial charge in [0, 0.05) is 32.0 Å². The lowest BCUT2D eigenvalue weighted by Crippen LogP contribution is -2.56. The van der Waals surface area contributed by atoms with Crippen molar-refractivity contribution in [2.75, 3.05) is 32.8 Å². The number of likely N-dealkylation sites (N-methyl/N-ethyl adjacent to an activating group) is 2. The topological polar surface area (TPSA) is 172 Å². The quantitative estimate of drug-likeness (QED) is 0.0521. The Bertz CT molecular complexity index is 1570. The summed E-state index contributed by atoms with van der Waals surface area (Å²) in [5, 5.41) is 16.2. The molecule has 14 heteroatoms. The largest absolute Gasteiger partial charge is 0.449 e. The molecule has 0 aliphatic rings. The van der Waals surface area contributed by atoms with Gasteiger partial charge in [-0.25, -0.2) is 4.79 Å². The van der Waals surface area contributed by atoms with Gasteiger partial charge in [-0.05, 0) is 76.7 Å². The van der Waals surface area contributed by atoms with Crippen molar-refractivity contribution in [3.05, 3.63) is 59.2 Å². The highest BCUT2D eigenvalue weighted by Crippen LogP contribution is 2.23. The Balaban J connectivity index is 3.21. The Morgan fingerprint density at radius 3 is 2.09 bits per heavy atom. The lowest BCUT2D eigenvalue weighted by molar-refractivity contribution is -0.154. The van der Waals surface area contributed by atoms with Crippen LogP contribution in [0.2, 0.25) is 0 Å². The van der Waals surface area contributed by atoms with Crippen molar-refractivity contribution in [1.29, 1.82) is 0 Å². The highest BCUT2D eigenvalue weighted by Gasteiger charge is 2.35. The summed E-state index contributed by atoms with van der Waals surface area (Å²) in [7, 11) is 2.93. The molecule has 0 aromatic heterocycles. The molecule has 0 aliphatic heterocycles. The van der Waals surface area contributed by atoms with E-state index in [9.17, 15) is 33.9 Å². The number of ether oxygens (including phenoxy) is 2. The predicted molar refractivity (Wildman–Crippen MR) is 230 cm³/mol. The van der Waals surface area contributed by atoms with Gasteiger partial charge in [-0.3, -0.25) is 24.0 Å². The van der Waals surface area contributed by atoms with E-state index in [2.05, 4.69) is 10.6 Å². The van der Waals surface area contributed by atoms with Crippen molar-refractivity contribution in [2.45, 2.75) is 131 Å². The van der Waals surface area contributed by atoms with Crippen molar-refractivity contribution in [3.8, 4) is 0 Å². The van der Waals surface area contributed by atoms with Crippen LogP contribution in [0.5, 0.6) is 0 Å². The summed E-state index contributed by atoms with van der Waals surface area (Å²) in [5.41, 5.74) is 1.86. The van der Waals surface area contributed by atoms with Crippen molar-refractivity contribution < 1.29 is 43.3 Å². The molecule has 1 aromatic rings. The van der Waals surface area contributed by atoms with Gasteiger partial charge in [0.05, 0.1) is 30.7 Å². The smallest absolute Gasteiger partial charge is 0.334 e. The number of hydrogen-bond acceptors (Lipinski definition) is 10. The minimum Gasteiger partial charge on any atom is -0.449 e. The number of nitrogens with zero attached hydrogens (tertiary/aromatic N) is 2. The average Bonchev–Trinajstić information content (AvgIpc) is 3.19. The lowest BCUT2D eigenvalue weighted by Gasteiger charge is -2.33. The van der Waals surface area contributed by atoms with Crippen LogP contribution in [0, 0.1) is 17.8 Å². The zero-order chi connectivity index (χ0) is 44.3. The number of carbonyl (C=O) groups excluding carboxylic acids is 6. The Morgan fingerprint density at radius 1 is 0.931 bits per heavy atom. The maximum absolute atomic E-state index is 14.0. The number of nitrogens with one attached hydrogen (secondary N) is 2. The normalized spacial score (nSPS) is 16.2. The lowest BCUT2D eigenvalue weighted by atomic mass is 9.90. The fourth-order valence-electron chi connectivity index (χ4n) is 6.32. The molecule has 58 heavy (non-hydrogen) atoms. The van der Waals surface area contributed by atoms with E-state index < -0.39 is 59.9 Å². The van der Waals surface area contributed by atoms with E-state index in [1.54, 1.807) is 13.0 Å². The van der Waals surface area contributed by atoms with Crippen LogP contribution >= 0.6 is 11.8 Å². The second-order valence-electron chi connectivity index (χ2n) is 15.7. The second kappa shape index (κ2) is 26.2. The molecule has 0 saturated heterocycles. The van der Waals surface area contributed by atoms with Crippen LogP contribution in [-0.4, -0.2) is 120 Å². The Kier molecular flexibility index (Phi) is 23.5. The van der Waals surface area contributed by atoms with Gasteiger partial charge >= 0.3 is 5.97 Å². The third kappa shape index (κ3) is 17.1. The number of allylic oxidation sites excluding steroid dienone is 1. The number of benzene rings is 1. The summed E-state index contributed by atoms with van der Waals surface area (Å²) >= 11 is 1.50. The van der Waals surface area contributed by atoms with Gasteiger partial charge in [0.15, 0.2) is 11.9 Å². The summed E-state index contributed by atoms with van der Waals surface area (Å²) in [6.07, 6.45) is 4.46. The molecule has 326 valence electrons.